The molecule has 13 heteroatoms. The van der Waals surface area contributed by atoms with Gasteiger partial charge in [0.15, 0.2) is 0 Å². The molecule has 158 valence electrons. The quantitative estimate of drug-likeness (QED) is 0.287. The molecule has 0 amide bonds. The Hall–Kier alpha value is -2.06. The molecular formula is C18H16N3NaO7S2. The van der Waals surface area contributed by atoms with Crippen LogP contribution in [0.15, 0.2) is 62.5 Å². The van der Waals surface area contributed by atoms with Crippen molar-refractivity contribution in [3.63, 3.8) is 0 Å². The van der Waals surface area contributed by atoms with Crippen LogP contribution in [-0.4, -0.2) is 28.5 Å². The van der Waals surface area contributed by atoms with Gasteiger partial charge in [-0.25, -0.2) is 13.6 Å². The van der Waals surface area contributed by atoms with Crippen LogP contribution in [0.4, 0.5) is 11.4 Å². The summed E-state index contributed by atoms with van der Waals surface area (Å²) in [4.78, 5) is -1.32. The monoisotopic (exact) mass is 473 g/mol. The van der Waals surface area contributed by atoms with Crippen molar-refractivity contribution in [2.24, 2.45) is 15.4 Å². The third kappa shape index (κ3) is 5.23. The first-order valence-electron chi connectivity index (χ1n) is 8.27. The minimum Gasteiger partial charge on any atom is -0.870 e. The number of fused-ring (bicyclic) bond motifs is 1. The smallest absolute Gasteiger partial charge is 0.870 e. The van der Waals surface area contributed by atoms with Crippen LogP contribution in [0, 0.1) is 6.92 Å². The van der Waals surface area contributed by atoms with E-state index in [4.69, 9.17) is 9.88 Å². The van der Waals surface area contributed by atoms with Gasteiger partial charge in [-0.05, 0) is 47.5 Å². The van der Waals surface area contributed by atoms with Gasteiger partial charge < -0.3 is 9.84 Å². The largest absolute Gasteiger partial charge is 1.00 e. The van der Waals surface area contributed by atoms with E-state index in [0.29, 0.717) is 5.75 Å². The fraction of sp³-hybridized carbons (Fsp3) is 0.111. The minimum atomic E-state index is -4.89. The van der Waals surface area contributed by atoms with E-state index in [1.165, 1.54) is 19.2 Å². The van der Waals surface area contributed by atoms with E-state index in [9.17, 15) is 26.5 Å². The molecule has 0 saturated carbocycles. The zero-order valence-electron chi connectivity index (χ0n) is 16.7. The number of aryl methyl sites for hydroxylation is 1. The third-order valence-corrected chi connectivity index (χ3v) is 6.02. The van der Waals surface area contributed by atoms with Crippen LogP contribution in [0.2, 0.25) is 0 Å². The number of sulfonamides is 1. The van der Waals surface area contributed by atoms with Crippen LogP contribution in [0.25, 0.3) is 10.8 Å². The minimum absolute atomic E-state index is 0. The topological polar surface area (TPSA) is 172 Å². The van der Waals surface area contributed by atoms with E-state index in [0.717, 1.165) is 17.7 Å². The van der Waals surface area contributed by atoms with Crippen molar-refractivity contribution in [2.75, 3.05) is 7.11 Å². The molecule has 0 aliphatic rings. The molecular weight excluding hydrogens is 457 g/mol. The van der Waals surface area contributed by atoms with Gasteiger partial charge in [0.05, 0.1) is 17.7 Å². The molecule has 3 aromatic rings. The number of benzene rings is 3. The van der Waals surface area contributed by atoms with Gasteiger partial charge in [-0.3, -0.25) is 4.55 Å². The molecule has 0 aromatic heterocycles. The number of hydrogen-bond donors (Lipinski definition) is 2. The molecule has 0 heterocycles. The van der Waals surface area contributed by atoms with Gasteiger partial charge in [-0.1, -0.05) is 23.9 Å². The number of nitrogens with zero attached hydrogens (tertiary/aromatic N) is 2. The maximum Gasteiger partial charge on any atom is 1.00 e. The van der Waals surface area contributed by atoms with Crippen molar-refractivity contribution in [1.82, 2.24) is 0 Å². The molecule has 0 aliphatic heterocycles. The first kappa shape index (κ1) is 25.2. The van der Waals surface area contributed by atoms with Crippen LogP contribution >= 0.6 is 0 Å². The Labute approximate surface area is 200 Å². The average molecular weight is 473 g/mol. The van der Waals surface area contributed by atoms with Gasteiger partial charge in [-0.15, -0.1) is 10.2 Å². The number of rotatable bonds is 5. The Bertz CT molecular complexity index is 1410. The molecule has 0 radical (unpaired) electrons. The van der Waals surface area contributed by atoms with E-state index < -0.39 is 41.4 Å². The summed E-state index contributed by atoms with van der Waals surface area (Å²) >= 11 is 0. The fourth-order valence-electron chi connectivity index (χ4n) is 2.86. The Balaban J connectivity index is 0.00000341. The number of azo groups is 1. The second-order valence-corrected chi connectivity index (χ2v) is 9.22. The first-order chi connectivity index (χ1) is 13.9. The van der Waals surface area contributed by atoms with Crippen molar-refractivity contribution in [1.29, 1.82) is 0 Å². The first-order valence-corrected chi connectivity index (χ1v) is 11.3. The van der Waals surface area contributed by atoms with Crippen molar-refractivity contribution in [2.45, 2.75) is 16.7 Å². The van der Waals surface area contributed by atoms with Crippen LogP contribution < -0.4 is 44.5 Å². The normalized spacial score (nSPS) is 12.1. The van der Waals surface area contributed by atoms with Gasteiger partial charge in [-0.2, -0.15) is 8.42 Å². The van der Waals surface area contributed by atoms with Gasteiger partial charge in [0.2, 0.25) is 10.0 Å². The molecule has 0 unspecified atom stereocenters. The maximum absolute atomic E-state index is 13.0. The second-order valence-electron chi connectivity index (χ2n) is 6.30. The van der Waals surface area contributed by atoms with Crippen molar-refractivity contribution < 1.29 is 60.8 Å². The van der Waals surface area contributed by atoms with Crippen LogP contribution in [-0.2, 0) is 20.1 Å². The summed E-state index contributed by atoms with van der Waals surface area (Å²) in [5.41, 5.74) is 0.222. The Morgan fingerprint density at radius 2 is 1.71 bits per heavy atom. The predicted octanol–water partition coefficient (Wildman–Crippen LogP) is -0.456. The molecule has 0 atom stereocenters. The Morgan fingerprint density at radius 3 is 2.29 bits per heavy atom. The molecule has 0 spiro atoms. The molecule has 31 heavy (non-hydrogen) atoms. The molecule has 0 aliphatic carbocycles. The Morgan fingerprint density at radius 1 is 1.03 bits per heavy atom. The summed E-state index contributed by atoms with van der Waals surface area (Å²) in [6, 6.07) is 9.56. The second kappa shape index (κ2) is 9.20. The number of ether oxygens (including phenoxy) is 1. The van der Waals surface area contributed by atoms with Gasteiger partial charge >= 0.3 is 29.6 Å². The van der Waals surface area contributed by atoms with E-state index in [2.05, 4.69) is 10.2 Å². The van der Waals surface area contributed by atoms with Crippen LogP contribution in [0.5, 0.6) is 11.5 Å². The number of nitrogens with two attached hydrogens (primary N) is 1. The summed E-state index contributed by atoms with van der Waals surface area (Å²) in [6.07, 6.45) is 0. The molecule has 3 rings (SSSR count). The summed E-state index contributed by atoms with van der Waals surface area (Å²) in [6.45, 7) is 1.77. The molecule has 0 fully saturated rings. The molecule has 3 N–H and O–H groups in total. The number of primary sulfonamides is 1. The SMILES string of the molecule is COc1ccc(C)cc1N=Nc1c(S(=O)(=O)O)cc2cccc(S(N)(=O)=O)c2c1[O-].[Na+]. The van der Waals surface area contributed by atoms with Crippen molar-refractivity contribution >= 4 is 42.3 Å². The van der Waals surface area contributed by atoms with E-state index >= 15 is 0 Å². The van der Waals surface area contributed by atoms with E-state index in [1.807, 2.05) is 0 Å². The number of methoxy groups -OCH3 is 1. The summed E-state index contributed by atoms with van der Waals surface area (Å²) < 4.78 is 62.3. The van der Waals surface area contributed by atoms with Gasteiger partial charge in [0, 0.05) is 0 Å². The van der Waals surface area contributed by atoms with Crippen LogP contribution in [0.3, 0.4) is 0 Å². The van der Waals surface area contributed by atoms with Crippen LogP contribution in [0.1, 0.15) is 5.56 Å². The predicted molar refractivity (Wildman–Crippen MR) is 106 cm³/mol. The fourth-order valence-corrected chi connectivity index (χ4v) is 4.28. The average Bonchev–Trinajstić information content (AvgIpc) is 2.65. The summed E-state index contributed by atoms with van der Waals surface area (Å²) in [5, 5.41) is 25.4. The van der Waals surface area contributed by atoms with Gasteiger partial charge in [0.25, 0.3) is 10.1 Å². The molecule has 10 nitrogen and oxygen atoms in total. The van der Waals surface area contributed by atoms with E-state index in [1.54, 1.807) is 25.1 Å². The zero-order chi connectivity index (χ0) is 22.3. The third-order valence-electron chi connectivity index (χ3n) is 4.20. The number of hydrogen-bond acceptors (Lipinski definition) is 8. The molecule has 0 bridgehead atoms. The van der Waals surface area contributed by atoms with Crippen molar-refractivity contribution in [3.8, 4) is 11.5 Å². The standard InChI is InChI=1S/C18H17N3O7S2.Na/c1-10-6-7-13(28-2)12(8-10)20-21-17-15(30(25,26)27)9-11-4-3-5-14(29(19,23)24)16(11)18(17)22;/h3-9,22H,1-2H3,(H2,19,23,24)(H,25,26,27);/q;+1/p-1. The van der Waals surface area contributed by atoms with Gasteiger partial charge in [0.1, 0.15) is 16.3 Å². The molecule has 3 aromatic carbocycles. The summed E-state index contributed by atoms with van der Waals surface area (Å²) in [5.74, 6) is -0.767. The maximum atomic E-state index is 13.0. The zero-order valence-corrected chi connectivity index (χ0v) is 20.4. The molecule has 0 saturated heterocycles. The Kier molecular flexibility index (Phi) is 7.48. The van der Waals surface area contributed by atoms with E-state index in [-0.39, 0.29) is 46.0 Å². The van der Waals surface area contributed by atoms with Crippen molar-refractivity contribution in [3.05, 3.63) is 48.0 Å². The summed E-state index contributed by atoms with van der Waals surface area (Å²) in [7, 11) is -7.80.